The number of sulfonamides is 1. The normalized spacial score (nSPS) is 15.2. The number of para-hydroxylation sites is 1. The number of hydrogen-bond acceptors (Lipinski definition) is 5. The van der Waals surface area contributed by atoms with Crippen LogP contribution in [-0.4, -0.2) is 40.8 Å². The lowest BCUT2D eigenvalue weighted by Crippen LogP contribution is -2.51. The monoisotopic (exact) mass is 496 g/mol. The molecular weight excluding hydrogens is 460 g/mol. The van der Waals surface area contributed by atoms with Crippen molar-refractivity contribution in [1.82, 2.24) is 19.3 Å². The molecule has 1 saturated heterocycles. The second-order valence-electron chi connectivity index (χ2n) is 10.3. The van der Waals surface area contributed by atoms with E-state index in [4.69, 9.17) is 4.74 Å². The minimum Gasteiger partial charge on any atom is -0.487 e. The first-order valence-electron chi connectivity index (χ1n) is 12.3. The zero-order valence-corrected chi connectivity index (χ0v) is 22.3. The quantitative estimate of drug-likeness (QED) is 0.392. The van der Waals surface area contributed by atoms with E-state index in [1.807, 2.05) is 36.5 Å². The van der Waals surface area contributed by atoms with Crippen molar-refractivity contribution in [3.63, 3.8) is 0 Å². The molecule has 188 valence electrons. The Hall–Kier alpha value is -2.71. The van der Waals surface area contributed by atoms with Crippen molar-refractivity contribution in [2.24, 2.45) is 0 Å². The van der Waals surface area contributed by atoms with Gasteiger partial charge in [0.15, 0.2) is 0 Å². The maximum atomic E-state index is 13.8. The molecule has 8 heteroatoms. The highest BCUT2D eigenvalue weighted by Crippen LogP contribution is 2.38. The maximum Gasteiger partial charge on any atom is 0.243 e. The fourth-order valence-corrected chi connectivity index (χ4v) is 6.51. The molecule has 3 aromatic rings. The van der Waals surface area contributed by atoms with Gasteiger partial charge >= 0.3 is 0 Å². The highest BCUT2D eigenvalue weighted by molar-refractivity contribution is 7.89. The van der Waals surface area contributed by atoms with Crippen molar-refractivity contribution in [2.45, 2.75) is 76.8 Å². The molecule has 35 heavy (non-hydrogen) atoms. The van der Waals surface area contributed by atoms with Crippen LogP contribution in [0, 0.1) is 0 Å². The van der Waals surface area contributed by atoms with Crippen molar-refractivity contribution in [3.8, 4) is 5.75 Å². The molecule has 4 rings (SSSR count). The number of aromatic nitrogens is 3. The van der Waals surface area contributed by atoms with Crippen LogP contribution in [-0.2, 0) is 16.6 Å². The highest BCUT2D eigenvalue weighted by atomic mass is 32.2. The second-order valence-corrected chi connectivity index (χ2v) is 12.1. The van der Waals surface area contributed by atoms with Crippen LogP contribution >= 0.6 is 0 Å². The van der Waals surface area contributed by atoms with Gasteiger partial charge in [-0.3, -0.25) is 0 Å². The van der Waals surface area contributed by atoms with Crippen molar-refractivity contribution < 1.29 is 13.2 Å². The summed E-state index contributed by atoms with van der Waals surface area (Å²) in [5.74, 6) is 1.32. The van der Waals surface area contributed by atoms with Gasteiger partial charge < -0.3 is 4.74 Å². The SMILES string of the molecule is CC(C)c1cc(C(C)C)c(S(=O)(=O)N2CC(n3cc(COc4ccccc4)nn3)C2)c(C(C)C)c1. The average Bonchev–Trinajstić information content (AvgIpc) is 3.24. The minimum absolute atomic E-state index is 0.0392. The standard InChI is InChI=1S/C27H36N4O3S/c1-18(2)21-12-25(19(3)4)27(26(13-21)20(5)6)35(32,33)30-15-23(16-30)31-14-22(28-29-31)17-34-24-10-8-7-9-11-24/h7-14,18-20,23H,15-17H2,1-6H3. The minimum atomic E-state index is -3.63. The van der Waals surface area contributed by atoms with Crippen LogP contribution in [0.2, 0.25) is 0 Å². The van der Waals surface area contributed by atoms with Crippen LogP contribution in [0.4, 0.5) is 0 Å². The van der Waals surface area contributed by atoms with Gasteiger partial charge in [-0.05, 0) is 46.6 Å². The van der Waals surface area contributed by atoms with Crippen molar-refractivity contribution >= 4 is 10.0 Å². The number of benzene rings is 2. The fraction of sp³-hybridized carbons (Fsp3) is 0.481. The van der Waals surface area contributed by atoms with Crippen LogP contribution in [0.15, 0.2) is 53.6 Å². The number of nitrogens with zero attached hydrogens (tertiary/aromatic N) is 4. The second kappa shape index (κ2) is 10.1. The molecule has 1 fully saturated rings. The van der Waals surface area contributed by atoms with E-state index in [9.17, 15) is 8.42 Å². The Labute approximate surface area is 209 Å². The molecule has 1 aliphatic heterocycles. The van der Waals surface area contributed by atoms with E-state index >= 15 is 0 Å². The summed E-state index contributed by atoms with van der Waals surface area (Å²) >= 11 is 0. The molecule has 0 N–H and O–H groups in total. The van der Waals surface area contributed by atoms with Crippen LogP contribution in [0.1, 0.15) is 87.7 Å². The summed E-state index contributed by atoms with van der Waals surface area (Å²) < 4.78 is 36.8. The van der Waals surface area contributed by atoms with Gasteiger partial charge in [0.25, 0.3) is 0 Å². The lowest BCUT2D eigenvalue weighted by molar-refractivity contribution is 0.188. The summed E-state index contributed by atoms with van der Waals surface area (Å²) in [5, 5.41) is 8.43. The lowest BCUT2D eigenvalue weighted by Gasteiger charge is -2.39. The highest BCUT2D eigenvalue weighted by Gasteiger charge is 2.41. The molecule has 0 saturated carbocycles. The molecule has 0 radical (unpaired) electrons. The van der Waals surface area contributed by atoms with Crippen molar-refractivity contribution in [2.75, 3.05) is 13.1 Å². The van der Waals surface area contributed by atoms with Crippen LogP contribution < -0.4 is 4.74 Å². The summed E-state index contributed by atoms with van der Waals surface area (Å²) in [6.45, 7) is 13.6. The van der Waals surface area contributed by atoms with Gasteiger partial charge in [0.1, 0.15) is 18.1 Å². The van der Waals surface area contributed by atoms with Gasteiger partial charge in [-0.25, -0.2) is 13.1 Å². The summed E-state index contributed by atoms with van der Waals surface area (Å²) in [6.07, 6.45) is 1.84. The van der Waals surface area contributed by atoms with Crippen LogP contribution in [0.25, 0.3) is 0 Å². The van der Waals surface area contributed by atoms with Gasteiger partial charge in [-0.15, -0.1) is 5.10 Å². The Kier molecular flexibility index (Phi) is 7.33. The Morgan fingerprint density at radius 3 is 2.09 bits per heavy atom. The molecule has 1 aromatic heterocycles. The number of hydrogen-bond donors (Lipinski definition) is 0. The van der Waals surface area contributed by atoms with E-state index in [2.05, 4.69) is 64.0 Å². The molecule has 0 amide bonds. The Balaban J connectivity index is 1.52. The van der Waals surface area contributed by atoms with Gasteiger partial charge in [0, 0.05) is 13.1 Å². The lowest BCUT2D eigenvalue weighted by atomic mass is 9.89. The first-order valence-corrected chi connectivity index (χ1v) is 13.8. The fourth-order valence-electron chi connectivity index (χ4n) is 4.33. The Bertz CT molecular complexity index is 1230. The molecule has 2 heterocycles. The number of ether oxygens (including phenoxy) is 1. The van der Waals surface area contributed by atoms with E-state index in [0.29, 0.717) is 36.2 Å². The topological polar surface area (TPSA) is 77.3 Å². The van der Waals surface area contributed by atoms with Gasteiger partial charge in [0.05, 0.1) is 17.1 Å². The summed E-state index contributed by atoms with van der Waals surface area (Å²) in [6, 6.07) is 13.7. The van der Waals surface area contributed by atoms with Gasteiger partial charge in [0.2, 0.25) is 10.0 Å². The van der Waals surface area contributed by atoms with E-state index in [-0.39, 0.29) is 17.9 Å². The van der Waals surface area contributed by atoms with E-state index in [0.717, 1.165) is 16.9 Å². The molecule has 2 aromatic carbocycles. The van der Waals surface area contributed by atoms with Crippen LogP contribution in [0.5, 0.6) is 5.75 Å². The third kappa shape index (κ3) is 5.28. The molecule has 0 atom stereocenters. The largest absolute Gasteiger partial charge is 0.487 e. The van der Waals surface area contributed by atoms with Crippen LogP contribution in [0.3, 0.4) is 0 Å². The predicted molar refractivity (Wildman–Crippen MR) is 137 cm³/mol. The van der Waals surface area contributed by atoms with Gasteiger partial charge in [-0.1, -0.05) is 77.1 Å². The molecular formula is C27H36N4O3S. The average molecular weight is 497 g/mol. The number of rotatable bonds is 9. The Morgan fingerprint density at radius 2 is 1.54 bits per heavy atom. The summed E-state index contributed by atoms with van der Waals surface area (Å²) in [7, 11) is -3.63. The van der Waals surface area contributed by atoms with E-state index < -0.39 is 10.0 Å². The zero-order valence-electron chi connectivity index (χ0n) is 21.5. The molecule has 0 bridgehead atoms. The van der Waals surface area contributed by atoms with E-state index in [1.54, 1.807) is 8.99 Å². The molecule has 7 nitrogen and oxygen atoms in total. The summed E-state index contributed by atoms with van der Waals surface area (Å²) in [5.41, 5.74) is 3.71. The first-order chi connectivity index (χ1) is 16.6. The zero-order chi connectivity index (χ0) is 25.3. The molecule has 1 aliphatic rings. The third-order valence-corrected chi connectivity index (χ3v) is 8.53. The molecule has 0 unspecified atom stereocenters. The first kappa shape index (κ1) is 25.4. The maximum absolute atomic E-state index is 13.8. The Morgan fingerprint density at radius 1 is 0.943 bits per heavy atom. The van der Waals surface area contributed by atoms with E-state index in [1.165, 1.54) is 5.56 Å². The summed E-state index contributed by atoms with van der Waals surface area (Å²) in [4.78, 5) is 0.487. The smallest absolute Gasteiger partial charge is 0.243 e. The molecule has 0 aliphatic carbocycles. The van der Waals surface area contributed by atoms with Gasteiger partial charge in [-0.2, -0.15) is 4.31 Å². The predicted octanol–water partition coefficient (Wildman–Crippen LogP) is 5.47. The van der Waals surface area contributed by atoms with Crippen molar-refractivity contribution in [1.29, 1.82) is 0 Å². The third-order valence-electron chi connectivity index (χ3n) is 6.57. The molecule has 0 spiro atoms. The van der Waals surface area contributed by atoms with Crippen molar-refractivity contribution in [3.05, 3.63) is 71.0 Å².